The lowest BCUT2D eigenvalue weighted by molar-refractivity contribution is 0.102. The monoisotopic (exact) mass is 352 g/mol. The van der Waals surface area contributed by atoms with E-state index in [4.69, 9.17) is 4.74 Å². The largest absolute Gasteiger partial charge is 0.380 e. The second-order valence-corrected chi connectivity index (χ2v) is 6.78. The number of carbonyl (C=O) groups is 1. The van der Waals surface area contributed by atoms with Crippen LogP contribution >= 0.6 is 11.3 Å². The van der Waals surface area contributed by atoms with Gasteiger partial charge in [0.25, 0.3) is 5.91 Å². The normalized spacial score (nSPS) is 10.7. The van der Waals surface area contributed by atoms with Crippen LogP contribution < -0.4 is 5.32 Å². The molecule has 0 fully saturated rings. The van der Waals surface area contributed by atoms with Crippen molar-refractivity contribution < 1.29 is 9.53 Å². The van der Waals surface area contributed by atoms with Crippen molar-refractivity contribution in [2.45, 2.75) is 20.5 Å². The fourth-order valence-corrected chi connectivity index (χ4v) is 3.22. The fourth-order valence-electron chi connectivity index (χ4n) is 2.50. The average molecular weight is 352 g/mol. The van der Waals surface area contributed by atoms with Gasteiger partial charge in [-0.3, -0.25) is 10.1 Å². The summed E-state index contributed by atoms with van der Waals surface area (Å²) in [5.74, 6) is -0.168. The van der Waals surface area contributed by atoms with Crippen LogP contribution in [0, 0.1) is 13.8 Å². The number of nitrogens with zero attached hydrogens (tertiary/aromatic N) is 1. The maximum atomic E-state index is 12.4. The van der Waals surface area contributed by atoms with Crippen LogP contribution in [-0.2, 0) is 11.3 Å². The first kappa shape index (κ1) is 17.3. The van der Waals surface area contributed by atoms with Crippen LogP contribution in [0.1, 0.15) is 27.0 Å². The van der Waals surface area contributed by atoms with Gasteiger partial charge in [-0.2, -0.15) is 0 Å². The van der Waals surface area contributed by atoms with Gasteiger partial charge < -0.3 is 4.74 Å². The highest BCUT2D eigenvalue weighted by Crippen LogP contribution is 2.26. The van der Waals surface area contributed by atoms with E-state index in [0.29, 0.717) is 17.3 Å². The molecule has 4 nitrogen and oxygen atoms in total. The van der Waals surface area contributed by atoms with Gasteiger partial charge in [-0.15, -0.1) is 11.3 Å². The quantitative estimate of drug-likeness (QED) is 0.716. The predicted octanol–water partition coefficient (Wildman–Crippen LogP) is 4.83. The number of aromatic nitrogens is 1. The molecule has 0 bridgehead atoms. The Hall–Kier alpha value is -2.50. The van der Waals surface area contributed by atoms with Crippen LogP contribution in [0.2, 0.25) is 0 Å². The topological polar surface area (TPSA) is 51.2 Å². The van der Waals surface area contributed by atoms with Crippen molar-refractivity contribution in [3.8, 4) is 11.3 Å². The van der Waals surface area contributed by atoms with Gasteiger partial charge in [0.1, 0.15) is 0 Å². The Labute approximate surface area is 151 Å². The van der Waals surface area contributed by atoms with E-state index in [9.17, 15) is 4.79 Å². The maximum Gasteiger partial charge on any atom is 0.257 e. The molecule has 0 unspecified atom stereocenters. The van der Waals surface area contributed by atoms with Crippen LogP contribution in [-0.4, -0.2) is 18.0 Å². The Bertz CT molecular complexity index is 902. The summed E-state index contributed by atoms with van der Waals surface area (Å²) in [4.78, 5) is 17.0. The minimum Gasteiger partial charge on any atom is -0.380 e. The highest BCUT2D eigenvalue weighted by atomic mass is 32.1. The van der Waals surface area contributed by atoms with Crippen LogP contribution in [0.5, 0.6) is 0 Å². The van der Waals surface area contributed by atoms with Crippen LogP contribution in [0.4, 0.5) is 5.13 Å². The summed E-state index contributed by atoms with van der Waals surface area (Å²) in [6.07, 6.45) is 0. The number of benzene rings is 2. The van der Waals surface area contributed by atoms with E-state index in [2.05, 4.69) is 42.3 Å². The highest BCUT2D eigenvalue weighted by Gasteiger charge is 2.11. The number of amides is 1. The van der Waals surface area contributed by atoms with Crippen molar-refractivity contribution in [3.63, 3.8) is 0 Å². The fraction of sp³-hybridized carbons (Fsp3) is 0.200. The molecule has 2 aromatic carbocycles. The first-order valence-corrected chi connectivity index (χ1v) is 8.87. The summed E-state index contributed by atoms with van der Waals surface area (Å²) in [5, 5.41) is 5.42. The van der Waals surface area contributed by atoms with E-state index < -0.39 is 0 Å². The summed E-state index contributed by atoms with van der Waals surface area (Å²) in [5.41, 5.74) is 5.97. The molecular weight excluding hydrogens is 332 g/mol. The second-order valence-electron chi connectivity index (χ2n) is 5.92. The lowest BCUT2D eigenvalue weighted by atomic mass is 10.1. The van der Waals surface area contributed by atoms with Crippen molar-refractivity contribution in [3.05, 3.63) is 70.1 Å². The number of methoxy groups -OCH3 is 1. The number of nitrogens with one attached hydrogen (secondary N) is 1. The number of anilines is 1. The molecule has 0 aliphatic rings. The molecule has 5 heteroatoms. The Morgan fingerprint density at radius 3 is 2.76 bits per heavy atom. The van der Waals surface area contributed by atoms with Gasteiger partial charge in [0.05, 0.1) is 12.3 Å². The minimum atomic E-state index is -0.168. The zero-order chi connectivity index (χ0) is 17.8. The SMILES string of the molecule is COCc1cccc(C(=O)Nc2nc(-c3ccc(C)c(C)c3)cs2)c1. The zero-order valence-corrected chi connectivity index (χ0v) is 15.3. The molecular formula is C20H20N2O2S. The van der Waals surface area contributed by atoms with Crippen molar-refractivity contribution in [1.82, 2.24) is 4.98 Å². The molecule has 1 aromatic heterocycles. The number of aryl methyl sites for hydroxylation is 2. The van der Waals surface area contributed by atoms with E-state index in [-0.39, 0.29) is 5.91 Å². The number of hydrogen-bond donors (Lipinski definition) is 1. The summed E-state index contributed by atoms with van der Waals surface area (Å²) in [7, 11) is 1.64. The average Bonchev–Trinajstić information content (AvgIpc) is 3.06. The summed E-state index contributed by atoms with van der Waals surface area (Å²) in [6, 6.07) is 13.7. The van der Waals surface area contributed by atoms with E-state index in [1.165, 1.54) is 22.5 Å². The number of ether oxygens (including phenoxy) is 1. The van der Waals surface area contributed by atoms with E-state index >= 15 is 0 Å². The maximum absolute atomic E-state index is 12.4. The van der Waals surface area contributed by atoms with Crippen LogP contribution in [0.3, 0.4) is 0 Å². The third-order valence-corrected chi connectivity index (χ3v) is 4.79. The van der Waals surface area contributed by atoms with Gasteiger partial charge in [0.15, 0.2) is 5.13 Å². The van der Waals surface area contributed by atoms with Crippen molar-refractivity contribution >= 4 is 22.4 Å². The molecule has 3 rings (SSSR count). The number of hydrogen-bond acceptors (Lipinski definition) is 4. The highest BCUT2D eigenvalue weighted by molar-refractivity contribution is 7.14. The molecule has 3 aromatic rings. The molecule has 128 valence electrons. The van der Waals surface area contributed by atoms with Gasteiger partial charge in [0, 0.05) is 23.6 Å². The lowest BCUT2D eigenvalue weighted by Crippen LogP contribution is -2.12. The first-order valence-electron chi connectivity index (χ1n) is 7.99. The number of carbonyl (C=O) groups excluding carboxylic acids is 1. The van der Waals surface area contributed by atoms with Gasteiger partial charge >= 0.3 is 0 Å². The van der Waals surface area contributed by atoms with Crippen LogP contribution in [0.25, 0.3) is 11.3 Å². The van der Waals surface area contributed by atoms with Gasteiger partial charge in [-0.25, -0.2) is 4.98 Å². The molecule has 0 saturated heterocycles. The molecule has 25 heavy (non-hydrogen) atoms. The molecule has 0 spiro atoms. The third kappa shape index (κ3) is 4.13. The van der Waals surface area contributed by atoms with Crippen molar-refractivity contribution in [2.24, 2.45) is 0 Å². The minimum absolute atomic E-state index is 0.168. The Morgan fingerprint density at radius 1 is 1.16 bits per heavy atom. The third-order valence-electron chi connectivity index (χ3n) is 4.03. The Morgan fingerprint density at radius 2 is 2.00 bits per heavy atom. The van der Waals surface area contributed by atoms with E-state index in [0.717, 1.165) is 16.8 Å². The standard InChI is InChI=1S/C20H20N2O2S/c1-13-7-8-16(9-14(13)2)18-12-25-20(21-18)22-19(23)17-6-4-5-15(10-17)11-24-3/h4-10,12H,11H2,1-3H3,(H,21,22,23). The molecule has 0 aliphatic carbocycles. The predicted molar refractivity (Wildman–Crippen MR) is 102 cm³/mol. The number of thiazole rings is 1. The summed E-state index contributed by atoms with van der Waals surface area (Å²) >= 11 is 1.42. The number of rotatable bonds is 5. The second kappa shape index (κ2) is 7.59. The molecule has 0 aliphatic heterocycles. The Kier molecular flexibility index (Phi) is 5.26. The molecule has 1 amide bonds. The lowest BCUT2D eigenvalue weighted by Gasteiger charge is -2.05. The molecule has 1 N–H and O–H groups in total. The first-order chi connectivity index (χ1) is 12.1. The van der Waals surface area contributed by atoms with Gasteiger partial charge in [-0.1, -0.05) is 24.3 Å². The molecule has 0 saturated carbocycles. The van der Waals surface area contributed by atoms with E-state index in [1.807, 2.05) is 23.6 Å². The van der Waals surface area contributed by atoms with E-state index in [1.54, 1.807) is 13.2 Å². The molecule has 0 radical (unpaired) electrons. The summed E-state index contributed by atoms with van der Waals surface area (Å²) < 4.78 is 5.11. The Balaban J connectivity index is 1.75. The smallest absolute Gasteiger partial charge is 0.257 e. The summed E-state index contributed by atoms with van der Waals surface area (Å²) in [6.45, 7) is 4.65. The molecule has 0 atom stereocenters. The zero-order valence-electron chi connectivity index (χ0n) is 14.5. The van der Waals surface area contributed by atoms with Gasteiger partial charge in [-0.05, 0) is 48.7 Å². The van der Waals surface area contributed by atoms with Crippen LogP contribution in [0.15, 0.2) is 47.8 Å². The van der Waals surface area contributed by atoms with Gasteiger partial charge in [0.2, 0.25) is 0 Å². The van der Waals surface area contributed by atoms with Crippen molar-refractivity contribution in [2.75, 3.05) is 12.4 Å². The molecule has 1 heterocycles. The van der Waals surface area contributed by atoms with Crippen molar-refractivity contribution in [1.29, 1.82) is 0 Å².